The van der Waals surface area contributed by atoms with Crippen LogP contribution in [-0.2, 0) is 6.42 Å². The van der Waals surface area contributed by atoms with Crippen molar-refractivity contribution < 1.29 is 19.4 Å². The second kappa shape index (κ2) is 17.9. The van der Waals surface area contributed by atoms with Crippen LogP contribution < -0.4 is 9.47 Å². The molecule has 0 atom stereocenters. The highest BCUT2D eigenvalue weighted by molar-refractivity contribution is 5.91. The summed E-state index contributed by atoms with van der Waals surface area (Å²) in [5.74, 6) is 0.514. The highest BCUT2D eigenvalue weighted by atomic mass is 16.5. The molecular formula is C35H45NO4. The van der Waals surface area contributed by atoms with Gasteiger partial charge in [0.2, 0.25) is 0 Å². The van der Waals surface area contributed by atoms with E-state index in [1.165, 1.54) is 75.8 Å². The molecule has 0 bridgehead atoms. The molecule has 40 heavy (non-hydrogen) atoms. The van der Waals surface area contributed by atoms with Gasteiger partial charge < -0.3 is 14.6 Å². The Kier molecular flexibility index (Phi) is 13.8. The molecule has 5 heteroatoms. The van der Waals surface area contributed by atoms with Crippen LogP contribution in [0.3, 0.4) is 0 Å². The second-order valence-electron chi connectivity index (χ2n) is 10.3. The Bertz CT molecular complexity index is 1170. The topological polar surface area (TPSA) is 68.1 Å². The molecule has 0 aliphatic heterocycles. The van der Waals surface area contributed by atoms with Crippen LogP contribution in [0.1, 0.15) is 106 Å². The zero-order valence-electron chi connectivity index (χ0n) is 24.2. The van der Waals surface area contributed by atoms with E-state index in [9.17, 15) is 9.90 Å². The van der Waals surface area contributed by atoms with Crippen molar-refractivity contribution in [3.63, 3.8) is 0 Å². The molecule has 0 radical (unpaired) electrons. The quantitative estimate of drug-likeness (QED) is 0.0750. The zero-order chi connectivity index (χ0) is 28.4. The number of phenols is 1. The molecule has 3 rings (SSSR count). The number of phenolic OH excluding ortho intramolecular Hbond substituents is 1. The van der Waals surface area contributed by atoms with Crippen molar-refractivity contribution in [3.05, 3.63) is 83.4 Å². The number of aliphatic imine (C=N–C) groups is 1. The molecule has 0 fully saturated rings. The number of hydrogen-bond donors (Lipinski definition) is 1. The van der Waals surface area contributed by atoms with Crippen molar-refractivity contribution in [2.24, 2.45) is 4.99 Å². The number of benzene rings is 3. The van der Waals surface area contributed by atoms with Crippen LogP contribution in [-0.4, -0.2) is 23.9 Å². The Morgan fingerprint density at radius 2 is 1.38 bits per heavy atom. The van der Waals surface area contributed by atoms with E-state index < -0.39 is 5.97 Å². The lowest BCUT2D eigenvalue weighted by atomic mass is 10.1. The van der Waals surface area contributed by atoms with E-state index in [1.54, 1.807) is 42.6 Å². The highest BCUT2D eigenvalue weighted by Crippen LogP contribution is 2.25. The Balaban J connectivity index is 1.44. The number of carbonyl (C=O) groups is 1. The molecule has 0 aromatic heterocycles. The molecule has 0 amide bonds. The largest absolute Gasteiger partial charge is 0.507 e. The van der Waals surface area contributed by atoms with E-state index in [0.29, 0.717) is 17.7 Å². The molecule has 0 unspecified atom stereocenters. The SMILES string of the molecule is CCCCCCCCOc1ccc(C(=O)Oc2ccc(C=Nc3ccc(CCCCCCC)cc3)c(O)c2)cc1. The zero-order valence-corrected chi connectivity index (χ0v) is 24.2. The lowest BCUT2D eigenvalue weighted by Crippen LogP contribution is -2.08. The number of aromatic hydroxyl groups is 1. The van der Waals surface area contributed by atoms with Gasteiger partial charge in [-0.15, -0.1) is 0 Å². The minimum absolute atomic E-state index is 0.00353. The van der Waals surface area contributed by atoms with Gasteiger partial charge in [-0.25, -0.2) is 4.79 Å². The van der Waals surface area contributed by atoms with Crippen molar-refractivity contribution in [2.45, 2.75) is 90.9 Å². The second-order valence-corrected chi connectivity index (χ2v) is 10.3. The first kappa shape index (κ1) is 30.9. The molecule has 1 N–H and O–H groups in total. The fourth-order valence-electron chi connectivity index (χ4n) is 4.45. The average molecular weight is 544 g/mol. The van der Waals surface area contributed by atoms with Gasteiger partial charge in [0.15, 0.2) is 0 Å². The highest BCUT2D eigenvalue weighted by Gasteiger charge is 2.11. The van der Waals surface area contributed by atoms with Crippen LogP contribution in [0.5, 0.6) is 17.2 Å². The first-order valence-electron chi connectivity index (χ1n) is 15.0. The molecule has 3 aromatic rings. The van der Waals surface area contributed by atoms with E-state index in [2.05, 4.69) is 31.0 Å². The Labute approximate surface area is 240 Å². The Morgan fingerprint density at radius 1 is 0.750 bits per heavy atom. The summed E-state index contributed by atoms with van der Waals surface area (Å²) < 4.78 is 11.3. The normalized spacial score (nSPS) is 11.2. The molecule has 0 heterocycles. The minimum Gasteiger partial charge on any atom is -0.507 e. The number of esters is 1. The number of carbonyl (C=O) groups excluding carboxylic acids is 1. The fraction of sp³-hybridized carbons (Fsp3) is 0.429. The predicted molar refractivity (Wildman–Crippen MR) is 165 cm³/mol. The van der Waals surface area contributed by atoms with Crippen LogP contribution >= 0.6 is 0 Å². The molecule has 0 aliphatic carbocycles. The Hall–Kier alpha value is -3.60. The lowest BCUT2D eigenvalue weighted by Gasteiger charge is -2.08. The summed E-state index contributed by atoms with van der Waals surface area (Å²) in [4.78, 5) is 17.1. The molecule has 0 saturated heterocycles. The van der Waals surface area contributed by atoms with Gasteiger partial charge in [0.05, 0.1) is 17.9 Å². The number of unbranched alkanes of at least 4 members (excludes halogenated alkanes) is 9. The van der Waals surface area contributed by atoms with Crippen LogP contribution in [0.4, 0.5) is 5.69 Å². The number of nitrogens with zero attached hydrogens (tertiary/aromatic N) is 1. The molecule has 0 aliphatic rings. The lowest BCUT2D eigenvalue weighted by molar-refractivity contribution is 0.0734. The number of aryl methyl sites for hydroxylation is 1. The molecular weight excluding hydrogens is 498 g/mol. The van der Waals surface area contributed by atoms with Gasteiger partial charge in [-0.2, -0.15) is 0 Å². The predicted octanol–water partition coefficient (Wildman–Crippen LogP) is 9.61. The summed E-state index contributed by atoms with van der Waals surface area (Å²) in [6, 6.07) is 19.9. The first-order chi connectivity index (χ1) is 19.6. The maximum Gasteiger partial charge on any atom is 0.343 e. The van der Waals surface area contributed by atoms with Gasteiger partial charge in [-0.3, -0.25) is 4.99 Å². The third-order valence-corrected chi connectivity index (χ3v) is 6.93. The van der Waals surface area contributed by atoms with Crippen LogP contribution in [0.2, 0.25) is 0 Å². The van der Waals surface area contributed by atoms with E-state index in [1.807, 2.05) is 12.1 Å². The minimum atomic E-state index is -0.492. The van der Waals surface area contributed by atoms with E-state index in [4.69, 9.17) is 9.47 Å². The summed E-state index contributed by atoms with van der Waals surface area (Å²) in [5.41, 5.74) is 3.11. The molecule has 3 aromatic carbocycles. The Morgan fingerprint density at radius 3 is 2.05 bits per heavy atom. The van der Waals surface area contributed by atoms with Crippen LogP contribution in [0, 0.1) is 0 Å². The van der Waals surface area contributed by atoms with Gasteiger partial charge in [0.1, 0.15) is 17.2 Å². The first-order valence-corrected chi connectivity index (χ1v) is 15.0. The van der Waals surface area contributed by atoms with Crippen molar-refractivity contribution >= 4 is 17.9 Å². The number of rotatable bonds is 18. The fourth-order valence-corrected chi connectivity index (χ4v) is 4.45. The average Bonchev–Trinajstić information content (AvgIpc) is 2.97. The van der Waals surface area contributed by atoms with Crippen LogP contribution in [0.15, 0.2) is 71.7 Å². The molecule has 0 spiro atoms. The van der Waals surface area contributed by atoms with E-state index >= 15 is 0 Å². The van der Waals surface area contributed by atoms with Gasteiger partial charge in [-0.05, 0) is 73.4 Å². The third-order valence-electron chi connectivity index (χ3n) is 6.93. The van der Waals surface area contributed by atoms with E-state index in [-0.39, 0.29) is 11.5 Å². The van der Waals surface area contributed by atoms with Gasteiger partial charge >= 0.3 is 5.97 Å². The van der Waals surface area contributed by atoms with Crippen molar-refractivity contribution in [1.82, 2.24) is 0 Å². The van der Waals surface area contributed by atoms with Crippen molar-refractivity contribution in [3.8, 4) is 17.2 Å². The maximum atomic E-state index is 12.6. The van der Waals surface area contributed by atoms with Crippen molar-refractivity contribution in [1.29, 1.82) is 0 Å². The smallest absolute Gasteiger partial charge is 0.343 e. The van der Waals surface area contributed by atoms with Gasteiger partial charge in [0.25, 0.3) is 0 Å². The summed E-state index contributed by atoms with van der Waals surface area (Å²) in [7, 11) is 0. The monoisotopic (exact) mass is 543 g/mol. The third kappa shape index (κ3) is 11.3. The summed E-state index contributed by atoms with van der Waals surface area (Å²) >= 11 is 0. The summed E-state index contributed by atoms with van der Waals surface area (Å²) in [6.45, 7) is 5.13. The standard InChI is InChI=1S/C35H45NO4/c1-3-5-7-9-11-13-25-39-32-22-17-29(18-23-32)35(38)40-33-24-19-30(34(37)26-33)27-36-31-20-15-28(16-21-31)14-12-10-8-6-4-2/h15-24,26-27,37H,3-14,25H2,1-2H3. The molecule has 214 valence electrons. The number of ether oxygens (including phenoxy) is 2. The molecule has 5 nitrogen and oxygen atoms in total. The number of hydrogen-bond acceptors (Lipinski definition) is 5. The molecule has 0 saturated carbocycles. The van der Waals surface area contributed by atoms with Gasteiger partial charge in [-0.1, -0.05) is 83.8 Å². The van der Waals surface area contributed by atoms with Crippen molar-refractivity contribution in [2.75, 3.05) is 6.61 Å². The van der Waals surface area contributed by atoms with E-state index in [0.717, 1.165) is 24.3 Å². The summed E-state index contributed by atoms with van der Waals surface area (Å²) in [5, 5.41) is 10.5. The van der Waals surface area contributed by atoms with Crippen LogP contribution in [0.25, 0.3) is 0 Å². The summed E-state index contributed by atoms with van der Waals surface area (Å²) in [6.07, 6.45) is 16.4. The van der Waals surface area contributed by atoms with Gasteiger partial charge in [0, 0.05) is 17.8 Å². The maximum absolute atomic E-state index is 12.6.